The van der Waals surface area contributed by atoms with Crippen molar-refractivity contribution in [3.63, 3.8) is 0 Å². The molecule has 0 amide bonds. The van der Waals surface area contributed by atoms with Crippen molar-refractivity contribution in [2.24, 2.45) is 0 Å². The van der Waals surface area contributed by atoms with Gasteiger partial charge in [-0.05, 0) is 109 Å². The van der Waals surface area contributed by atoms with Gasteiger partial charge in [0.05, 0.1) is 0 Å². The number of rotatable bonds is 4. The molecule has 0 aliphatic heterocycles. The van der Waals surface area contributed by atoms with Crippen molar-refractivity contribution in [3.8, 4) is 11.1 Å². The monoisotopic (exact) mass is 766 g/mol. The van der Waals surface area contributed by atoms with Crippen molar-refractivity contribution in [3.05, 3.63) is 188 Å². The van der Waals surface area contributed by atoms with Crippen LogP contribution in [0.25, 0.3) is 94.6 Å². The molecule has 10 aromatic carbocycles. The summed E-state index contributed by atoms with van der Waals surface area (Å²) in [4.78, 5) is 0. The molecular formula is C52H31OPS2. The van der Waals surface area contributed by atoms with Crippen LogP contribution in [0.1, 0.15) is 0 Å². The molecule has 2 heterocycles. The molecule has 12 aromatic rings. The summed E-state index contributed by atoms with van der Waals surface area (Å²) in [6.07, 6.45) is 0. The Kier molecular flexibility index (Phi) is 7.01. The Morgan fingerprint density at radius 1 is 0.321 bits per heavy atom. The standard InChI is InChI=1S/C52H31OPS2/c53-54(37-24-27-49-45(30-37)41-13-5-7-15-47(41)55-49,38-25-28-50-46(31-38)42-14-6-8-16-48(42)56-50)36-22-19-34(20-23-36)51-43-26-21-32-9-1-3-11-39(32)44(43)29-35-18-17-33-10-2-4-12-40(33)52(35)51/h1-31H. The Labute approximate surface area is 331 Å². The minimum absolute atomic E-state index is 0.832. The minimum atomic E-state index is -3.36. The van der Waals surface area contributed by atoms with E-state index in [-0.39, 0.29) is 0 Å². The second-order valence-electron chi connectivity index (χ2n) is 14.7. The first kappa shape index (κ1) is 32.2. The normalized spacial score (nSPS) is 12.4. The van der Waals surface area contributed by atoms with Crippen molar-refractivity contribution >= 4 is 129 Å². The SMILES string of the molecule is O=P(c1ccc(-c2c3ccc4ccccc4c3cc3ccc4ccccc4c23)cc1)(c1ccc2sc3ccccc3c2c1)c1ccc2sc3ccccc3c2c1. The van der Waals surface area contributed by atoms with Gasteiger partial charge >= 0.3 is 0 Å². The van der Waals surface area contributed by atoms with Gasteiger partial charge in [-0.25, -0.2) is 0 Å². The van der Waals surface area contributed by atoms with Crippen molar-refractivity contribution in [1.82, 2.24) is 0 Å². The molecule has 12 rings (SSSR count). The second kappa shape index (κ2) is 12.2. The van der Waals surface area contributed by atoms with E-state index in [1.54, 1.807) is 22.7 Å². The van der Waals surface area contributed by atoms with Crippen LogP contribution in [0.15, 0.2) is 188 Å². The van der Waals surface area contributed by atoms with E-state index < -0.39 is 7.14 Å². The Hall–Kier alpha value is -6.09. The first-order valence-electron chi connectivity index (χ1n) is 18.9. The fraction of sp³-hybridized carbons (Fsp3) is 0. The maximum atomic E-state index is 16.4. The van der Waals surface area contributed by atoms with Gasteiger partial charge in [-0.1, -0.05) is 133 Å². The number of thiophene rings is 2. The molecular weight excluding hydrogens is 736 g/mol. The summed E-state index contributed by atoms with van der Waals surface area (Å²) >= 11 is 3.58. The Morgan fingerprint density at radius 2 is 0.804 bits per heavy atom. The quantitative estimate of drug-likeness (QED) is 0.0990. The van der Waals surface area contributed by atoms with Crippen LogP contribution in [0.2, 0.25) is 0 Å². The molecule has 0 spiro atoms. The van der Waals surface area contributed by atoms with E-state index in [1.807, 2.05) is 0 Å². The van der Waals surface area contributed by atoms with Gasteiger partial charge in [0.2, 0.25) is 0 Å². The summed E-state index contributed by atoms with van der Waals surface area (Å²) in [5, 5.41) is 17.1. The first-order chi connectivity index (χ1) is 27.6. The predicted octanol–water partition coefficient (Wildman–Crippen LogP) is 14.3. The van der Waals surface area contributed by atoms with Crippen LogP contribution in [0.4, 0.5) is 0 Å². The smallest absolute Gasteiger partial charge is 0.171 e. The number of hydrogen-bond donors (Lipinski definition) is 0. The Morgan fingerprint density at radius 3 is 1.45 bits per heavy atom. The zero-order valence-corrected chi connectivity index (χ0v) is 32.6. The van der Waals surface area contributed by atoms with Crippen LogP contribution in [-0.4, -0.2) is 0 Å². The Balaban J connectivity index is 1.12. The highest BCUT2D eigenvalue weighted by Crippen LogP contribution is 2.48. The molecule has 0 aliphatic rings. The number of benzene rings is 10. The van der Waals surface area contributed by atoms with Crippen LogP contribution in [0, 0.1) is 0 Å². The van der Waals surface area contributed by atoms with Crippen molar-refractivity contribution in [2.75, 3.05) is 0 Å². The van der Waals surface area contributed by atoms with E-state index in [1.165, 1.54) is 78.2 Å². The third kappa shape index (κ3) is 4.69. The summed E-state index contributed by atoms with van der Waals surface area (Å²) in [7, 11) is -3.36. The van der Waals surface area contributed by atoms with Gasteiger partial charge in [-0.3, -0.25) is 0 Å². The largest absolute Gasteiger partial charge is 0.309 e. The molecule has 1 nitrogen and oxygen atoms in total. The van der Waals surface area contributed by atoms with Crippen LogP contribution >= 0.6 is 29.8 Å². The van der Waals surface area contributed by atoms with E-state index in [9.17, 15) is 0 Å². The fourth-order valence-corrected chi connectivity index (χ4v) is 13.9. The van der Waals surface area contributed by atoms with Crippen LogP contribution in [-0.2, 0) is 4.57 Å². The zero-order chi connectivity index (χ0) is 37.0. The minimum Gasteiger partial charge on any atom is -0.309 e. The fourth-order valence-electron chi connectivity index (χ4n) is 9.05. The summed E-state index contributed by atoms with van der Waals surface area (Å²) in [6, 6.07) is 67.5. The molecule has 0 unspecified atom stereocenters. The molecule has 4 heteroatoms. The average molecular weight is 767 g/mol. The van der Waals surface area contributed by atoms with Gasteiger partial charge < -0.3 is 4.57 Å². The van der Waals surface area contributed by atoms with E-state index in [0.717, 1.165) is 32.2 Å². The molecule has 2 aromatic heterocycles. The highest BCUT2D eigenvalue weighted by molar-refractivity contribution is 7.85. The van der Waals surface area contributed by atoms with Crippen molar-refractivity contribution in [2.45, 2.75) is 0 Å². The predicted molar refractivity (Wildman–Crippen MR) is 247 cm³/mol. The first-order valence-corrected chi connectivity index (χ1v) is 22.3. The second-order valence-corrected chi connectivity index (χ2v) is 19.7. The van der Waals surface area contributed by atoms with Gasteiger partial charge in [0.25, 0.3) is 0 Å². The lowest BCUT2D eigenvalue weighted by Crippen LogP contribution is -2.25. The highest BCUT2D eigenvalue weighted by atomic mass is 32.1. The van der Waals surface area contributed by atoms with E-state index in [2.05, 4.69) is 188 Å². The van der Waals surface area contributed by atoms with E-state index in [4.69, 9.17) is 0 Å². The highest BCUT2D eigenvalue weighted by Gasteiger charge is 2.31. The molecule has 56 heavy (non-hydrogen) atoms. The van der Waals surface area contributed by atoms with Crippen LogP contribution in [0.3, 0.4) is 0 Å². The van der Waals surface area contributed by atoms with Gasteiger partial charge in [0.1, 0.15) is 0 Å². The Bertz CT molecular complexity index is 3510. The molecule has 0 radical (unpaired) electrons. The van der Waals surface area contributed by atoms with E-state index in [0.29, 0.717) is 0 Å². The maximum Gasteiger partial charge on any atom is 0.171 e. The molecule has 0 bridgehead atoms. The van der Waals surface area contributed by atoms with Crippen molar-refractivity contribution in [1.29, 1.82) is 0 Å². The summed E-state index contributed by atoms with van der Waals surface area (Å²) < 4.78 is 21.3. The lowest BCUT2D eigenvalue weighted by Gasteiger charge is -2.21. The maximum absolute atomic E-state index is 16.4. The molecule has 0 aliphatic carbocycles. The van der Waals surface area contributed by atoms with Gasteiger partial charge in [-0.15, -0.1) is 22.7 Å². The lowest BCUT2D eigenvalue weighted by molar-refractivity contribution is 0.592. The molecule has 0 atom stereocenters. The van der Waals surface area contributed by atoms with Crippen molar-refractivity contribution < 1.29 is 4.57 Å². The topological polar surface area (TPSA) is 17.1 Å². The molecule has 0 N–H and O–H groups in total. The van der Waals surface area contributed by atoms with Gasteiger partial charge in [-0.2, -0.15) is 0 Å². The van der Waals surface area contributed by atoms with Gasteiger partial charge in [0, 0.05) is 56.3 Å². The average Bonchev–Trinajstić information content (AvgIpc) is 3.83. The zero-order valence-electron chi connectivity index (χ0n) is 30.1. The summed E-state index contributed by atoms with van der Waals surface area (Å²) in [6.45, 7) is 0. The lowest BCUT2D eigenvalue weighted by atomic mass is 9.87. The molecule has 0 fully saturated rings. The summed E-state index contributed by atoms with van der Waals surface area (Å²) in [5.74, 6) is 0. The molecule has 0 saturated heterocycles. The van der Waals surface area contributed by atoms with Gasteiger partial charge in [0.15, 0.2) is 7.14 Å². The summed E-state index contributed by atoms with van der Waals surface area (Å²) in [5.41, 5.74) is 2.32. The van der Waals surface area contributed by atoms with Crippen LogP contribution < -0.4 is 15.9 Å². The molecule has 0 saturated carbocycles. The number of hydrogen-bond acceptors (Lipinski definition) is 3. The van der Waals surface area contributed by atoms with E-state index >= 15 is 4.57 Å². The third-order valence-corrected chi connectivity index (χ3v) is 17.1. The number of fused-ring (bicyclic) bond motifs is 12. The van der Waals surface area contributed by atoms with Crippen LogP contribution in [0.5, 0.6) is 0 Å². The molecule has 262 valence electrons. The third-order valence-electron chi connectivity index (χ3n) is 11.7.